The van der Waals surface area contributed by atoms with Crippen LogP contribution in [0.2, 0.25) is 0 Å². The van der Waals surface area contributed by atoms with Gasteiger partial charge in [0.2, 0.25) is 15.6 Å². The van der Waals surface area contributed by atoms with Gasteiger partial charge in [-0.25, -0.2) is 0 Å². The molecule has 1 fully saturated rings. The number of halogens is 3. The Hall–Kier alpha value is -0.840. The van der Waals surface area contributed by atoms with Crippen LogP contribution in [0.5, 0.6) is 0 Å². The summed E-state index contributed by atoms with van der Waals surface area (Å²) < 4.78 is 8.22. The summed E-state index contributed by atoms with van der Waals surface area (Å²) in [5.41, 5.74) is 0. The van der Waals surface area contributed by atoms with Crippen molar-refractivity contribution in [3.05, 3.63) is 0 Å². The summed E-state index contributed by atoms with van der Waals surface area (Å²) in [5.74, 6) is -2.08. The second-order valence-corrected chi connectivity index (χ2v) is 9.24. The summed E-state index contributed by atoms with van der Waals surface area (Å²) in [6, 6.07) is -1.80. The average molecular weight is 463 g/mol. The fraction of sp³-hybridized carbons (Fsp3) is 0.812. The predicted molar refractivity (Wildman–Crippen MR) is 104 cm³/mol. The van der Waals surface area contributed by atoms with Gasteiger partial charge in [0.25, 0.3) is 0 Å². The molecule has 0 aliphatic carbocycles. The van der Waals surface area contributed by atoms with E-state index in [0.29, 0.717) is 13.1 Å². The Morgan fingerprint density at radius 3 is 2.50 bits per heavy atom. The fourth-order valence-corrected chi connectivity index (χ4v) is 2.65. The molecule has 12 heteroatoms. The molecule has 0 unspecified atom stereocenters. The number of hydrogen-bond donors (Lipinski definition) is 3. The molecule has 0 saturated carbocycles. The minimum Gasteiger partial charge on any atom is -0.460 e. The summed E-state index contributed by atoms with van der Waals surface area (Å²) in [6.07, 6.45) is -1.25. The smallest absolute Gasteiger partial charge is 0.325 e. The first kappa shape index (κ1) is 25.2. The molecule has 1 rings (SSSR count). The molecule has 162 valence electrons. The molecule has 3 atom stereocenters. The minimum atomic E-state index is -1.73. The van der Waals surface area contributed by atoms with E-state index in [1.807, 2.05) is 0 Å². The summed E-state index contributed by atoms with van der Waals surface area (Å²) in [6.45, 7) is 3.53. The molecule has 0 aromatic carbocycles. The molecule has 0 aromatic rings. The molecule has 9 nitrogen and oxygen atoms in total. The van der Waals surface area contributed by atoms with Crippen LogP contribution in [0.15, 0.2) is 0 Å². The highest BCUT2D eigenvalue weighted by atomic mass is 35.6. The number of rotatable bonds is 8. The largest absolute Gasteiger partial charge is 0.460 e. The predicted octanol–water partition coefficient (Wildman–Crippen LogP) is -0.152. The number of esters is 1. The lowest BCUT2D eigenvalue weighted by atomic mass is 10.1. The van der Waals surface area contributed by atoms with E-state index in [0.717, 1.165) is 0 Å². The van der Waals surface area contributed by atoms with Gasteiger partial charge in [-0.2, -0.15) is 0 Å². The molecular weight excluding hydrogens is 437 g/mol. The van der Waals surface area contributed by atoms with E-state index in [-0.39, 0.29) is 19.1 Å². The van der Waals surface area contributed by atoms with Crippen LogP contribution in [-0.2, 0) is 23.9 Å². The highest BCUT2D eigenvalue weighted by Gasteiger charge is 2.35. The number of carbonyl (C=O) groups is 3. The summed E-state index contributed by atoms with van der Waals surface area (Å²) >= 11 is 16.7. The maximum Gasteiger partial charge on any atom is 0.325 e. The molecular formula is C16H26Cl3N3O6. The van der Waals surface area contributed by atoms with Gasteiger partial charge in [0.15, 0.2) is 0 Å². The number of hydrogen-bond acceptors (Lipinski definition) is 7. The van der Waals surface area contributed by atoms with Gasteiger partial charge in [-0.05, 0) is 5.92 Å². The molecule has 1 saturated heterocycles. The highest BCUT2D eigenvalue weighted by molar-refractivity contribution is 6.67. The quantitative estimate of drug-likeness (QED) is 0.339. The first-order valence-electron chi connectivity index (χ1n) is 8.69. The lowest BCUT2D eigenvalue weighted by molar-refractivity contribution is -0.149. The maximum absolute atomic E-state index is 12.8. The van der Waals surface area contributed by atoms with Gasteiger partial charge in [-0.15, -0.1) is 0 Å². The standard InChI is InChI=1S/C16H26Cl3N3O6/c1-9(2)12(23)13(24)21-11(7-27-3)14(25)22-5-4-20-10(6-22)15(26)28-8-16(17,18)19/h9-12,20,23H,4-8H2,1-3H3,(H,21,24)/t10-,11-,12-/m0/s1. The number of methoxy groups -OCH3 is 1. The Morgan fingerprint density at radius 2 is 1.96 bits per heavy atom. The second kappa shape index (κ2) is 11.4. The number of nitrogens with one attached hydrogen (secondary N) is 2. The Morgan fingerprint density at radius 1 is 1.32 bits per heavy atom. The fourth-order valence-electron chi connectivity index (χ4n) is 2.48. The Labute approximate surface area is 178 Å². The molecule has 2 amide bonds. The Bertz CT molecular complexity index is 558. The van der Waals surface area contributed by atoms with Crippen molar-refractivity contribution in [2.45, 2.75) is 35.8 Å². The van der Waals surface area contributed by atoms with Gasteiger partial charge in [0.1, 0.15) is 24.8 Å². The molecule has 1 heterocycles. The van der Waals surface area contributed by atoms with E-state index in [4.69, 9.17) is 44.3 Å². The van der Waals surface area contributed by atoms with Crippen molar-refractivity contribution in [3.8, 4) is 0 Å². The SMILES string of the molecule is COC[C@H](NC(=O)[C@@H](O)C(C)C)C(=O)N1CCN[C@H](C(=O)OCC(Cl)(Cl)Cl)C1. The van der Waals surface area contributed by atoms with Crippen LogP contribution in [0.3, 0.4) is 0 Å². The van der Waals surface area contributed by atoms with Crippen molar-refractivity contribution < 1.29 is 29.0 Å². The molecule has 0 aromatic heterocycles. The van der Waals surface area contributed by atoms with E-state index >= 15 is 0 Å². The van der Waals surface area contributed by atoms with E-state index in [2.05, 4.69) is 10.6 Å². The third-order valence-electron chi connectivity index (χ3n) is 4.00. The number of aliphatic hydroxyl groups is 1. The summed E-state index contributed by atoms with van der Waals surface area (Å²) in [4.78, 5) is 38.4. The van der Waals surface area contributed by atoms with Gasteiger partial charge in [0.05, 0.1) is 6.61 Å². The summed E-state index contributed by atoms with van der Waals surface area (Å²) in [7, 11) is 1.39. The van der Waals surface area contributed by atoms with E-state index in [9.17, 15) is 19.5 Å². The topological polar surface area (TPSA) is 117 Å². The first-order valence-corrected chi connectivity index (χ1v) is 9.82. The van der Waals surface area contributed by atoms with Crippen LogP contribution in [-0.4, -0.2) is 89.7 Å². The minimum absolute atomic E-state index is 0.0142. The third-order valence-corrected chi connectivity index (χ3v) is 4.33. The molecule has 1 aliphatic rings. The van der Waals surface area contributed by atoms with Gasteiger partial charge in [-0.3, -0.25) is 14.4 Å². The Kier molecular flexibility index (Phi) is 10.2. The van der Waals surface area contributed by atoms with Crippen LogP contribution in [0, 0.1) is 5.92 Å². The number of piperazine rings is 1. The lowest BCUT2D eigenvalue weighted by Crippen LogP contribution is -2.61. The van der Waals surface area contributed by atoms with Crippen LogP contribution in [0.4, 0.5) is 0 Å². The van der Waals surface area contributed by atoms with Crippen molar-refractivity contribution in [2.75, 3.05) is 40.0 Å². The van der Waals surface area contributed by atoms with Gasteiger partial charge < -0.3 is 30.1 Å². The number of carbonyl (C=O) groups excluding carboxylic acids is 3. The van der Waals surface area contributed by atoms with Crippen molar-refractivity contribution in [2.24, 2.45) is 5.92 Å². The van der Waals surface area contributed by atoms with Gasteiger partial charge >= 0.3 is 5.97 Å². The van der Waals surface area contributed by atoms with E-state index in [1.165, 1.54) is 12.0 Å². The van der Waals surface area contributed by atoms with Crippen molar-refractivity contribution >= 4 is 52.6 Å². The zero-order valence-electron chi connectivity index (χ0n) is 15.9. The van der Waals surface area contributed by atoms with Gasteiger partial charge in [0, 0.05) is 26.7 Å². The van der Waals surface area contributed by atoms with Gasteiger partial charge in [-0.1, -0.05) is 48.7 Å². The number of aliphatic hydroxyl groups excluding tert-OH is 1. The lowest BCUT2D eigenvalue weighted by Gasteiger charge is -2.35. The first-order chi connectivity index (χ1) is 13.0. The zero-order valence-corrected chi connectivity index (χ0v) is 18.2. The van der Waals surface area contributed by atoms with Crippen molar-refractivity contribution in [1.82, 2.24) is 15.5 Å². The van der Waals surface area contributed by atoms with E-state index in [1.54, 1.807) is 13.8 Å². The monoisotopic (exact) mass is 461 g/mol. The van der Waals surface area contributed by atoms with Crippen LogP contribution < -0.4 is 10.6 Å². The molecule has 1 aliphatic heterocycles. The summed E-state index contributed by atoms with van der Waals surface area (Å²) in [5, 5.41) is 15.3. The van der Waals surface area contributed by atoms with Crippen LogP contribution in [0.1, 0.15) is 13.8 Å². The number of nitrogens with zero attached hydrogens (tertiary/aromatic N) is 1. The normalized spacial score (nSPS) is 19.9. The third kappa shape index (κ3) is 8.26. The molecule has 3 N–H and O–H groups in total. The number of alkyl halides is 3. The van der Waals surface area contributed by atoms with Crippen LogP contribution >= 0.6 is 34.8 Å². The number of ether oxygens (including phenoxy) is 2. The maximum atomic E-state index is 12.8. The average Bonchev–Trinajstić information content (AvgIpc) is 2.63. The highest BCUT2D eigenvalue weighted by Crippen LogP contribution is 2.26. The zero-order chi connectivity index (χ0) is 21.5. The molecule has 0 bridgehead atoms. The number of amides is 2. The van der Waals surface area contributed by atoms with Crippen LogP contribution in [0.25, 0.3) is 0 Å². The molecule has 28 heavy (non-hydrogen) atoms. The Balaban J connectivity index is 2.72. The second-order valence-electron chi connectivity index (χ2n) is 6.72. The molecule has 0 radical (unpaired) electrons. The van der Waals surface area contributed by atoms with Crippen molar-refractivity contribution in [1.29, 1.82) is 0 Å². The molecule has 0 spiro atoms. The van der Waals surface area contributed by atoms with Crippen molar-refractivity contribution in [3.63, 3.8) is 0 Å². The van der Waals surface area contributed by atoms with E-state index < -0.39 is 46.4 Å².